The van der Waals surface area contributed by atoms with Crippen LogP contribution in [0.1, 0.15) is 22.3 Å². The maximum absolute atomic E-state index is 14.1. The Bertz CT molecular complexity index is 1370. The molecule has 4 aromatic rings. The van der Waals surface area contributed by atoms with E-state index in [1.165, 1.54) is 12.1 Å². The van der Waals surface area contributed by atoms with E-state index in [2.05, 4.69) is 5.32 Å². The molecular weight excluding hydrogens is 439 g/mol. The molecule has 1 amide bonds. The molecule has 0 saturated carbocycles. The number of carbonyl (C=O) groups is 1. The third kappa shape index (κ3) is 6.43. The summed E-state index contributed by atoms with van der Waals surface area (Å²) in [5, 5.41) is 12.4. The second-order valence-corrected chi connectivity index (χ2v) is 7.89. The lowest BCUT2D eigenvalue weighted by atomic mass is 9.98. The molecule has 0 aliphatic rings. The maximum Gasteiger partial charge on any atom is 0.266 e. The topological polar surface area (TPSA) is 62.1 Å². The quantitative estimate of drug-likeness (QED) is 0.239. The van der Waals surface area contributed by atoms with Gasteiger partial charge in [0.1, 0.15) is 29.8 Å². The van der Waals surface area contributed by atoms with Crippen molar-refractivity contribution in [3.8, 4) is 11.8 Å². The minimum Gasteiger partial charge on any atom is -0.489 e. The van der Waals surface area contributed by atoms with Gasteiger partial charge in [-0.1, -0.05) is 72.8 Å². The summed E-state index contributed by atoms with van der Waals surface area (Å²) in [7, 11) is 0. The fraction of sp³-hybridized carbons (Fsp3) is 0.0667. The zero-order valence-electron chi connectivity index (χ0n) is 18.9. The van der Waals surface area contributed by atoms with Crippen molar-refractivity contribution >= 4 is 17.7 Å². The number of amides is 1. The van der Waals surface area contributed by atoms with Crippen molar-refractivity contribution in [2.24, 2.45) is 0 Å². The van der Waals surface area contributed by atoms with Gasteiger partial charge in [-0.25, -0.2) is 4.39 Å². The molecule has 0 aliphatic carbocycles. The number of hydrogen-bond acceptors (Lipinski definition) is 3. The Morgan fingerprint density at radius 3 is 2.23 bits per heavy atom. The highest BCUT2D eigenvalue weighted by Crippen LogP contribution is 2.21. The largest absolute Gasteiger partial charge is 0.489 e. The van der Waals surface area contributed by atoms with Gasteiger partial charge in [-0.2, -0.15) is 5.26 Å². The highest BCUT2D eigenvalue weighted by molar-refractivity contribution is 6.09. The third-order valence-electron chi connectivity index (χ3n) is 5.42. The van der Waals surface area contributed by atoms with Crippen LogP contribution in [0.4, 0.5) is 10.1 Å². The predicted molar refractivity (Wildman–Crippen MR) is 135 cm³/mol. The highest BCUT2D eigenvalue weighted by atomic mass is 19.1. The normalized spacial score (nSPS) is 10.9. The van der Waals surface area contributed by atoms with Gasteiger partial charge in [0.25, 0.3) is 5.91 Å². The molecule has 0 aliphatic heterocycles. The second-order valence-electron chi connectivity index (χ2n) is 7.89. The molecule has 172 valence electrons. The SMILES string of the molecule is N#C/C(=C\c1ccccc1Cc1ccccc1F)C(=O)Nc1ccc(OCc2ccccc2)cc1. The number of anilines is 1. The zero-order valence-corrected chi connectivity index (χ0v) is 18.9. The van der Waals surface area contributed by atoms with E-state index in [4.69, 9.17) is 4.74 Å². The van der Waals surface area contributed by atoms with Crippen LogP contribution in [0, 0.1) is 17.1 Å². The molecule has 4 nitrogen and oxygen atoms in total. The summed E-state index contributed by atoms with van der Waals surface area (Å²) in [4.78, 5) is 12.8. The average Bonchev–Trinajstić information content (AvgIpc) is 2.89. The van der Waals surface area contributed by atoms with Gasteiger partial charge in [-0.15, -0.1) is 0 Å². The van der Waals surface area contributed by atoms with Crippen LogP contribution in [0.25, 0.3) is 6.08 Å². The lowest BCUT2D eigenvalue weighted by molar-refractivity contribution is -0.112. The Hall–Kier alpha value is -4.69. The number of nitrogens with zero attached hydrogens (tertiary/aromatic N) is 1. The summed E-state index contributed by atoms with van der Waals surface area (Å²) in [6.45, 7) is 0.445. The van der Waals surface area contributed by atoms with Crippen LogP contribution in [0.15, 0.2) is 109 Å². The first-order valence-corrected chi connectivity index (χ1v) is 11.1. The predicted octanol–water partition coefficient (Wildman–Crippen LogP) is 6.54. The van der Waals surface area contributed by atoms with E-state index in [0.29, 0.717) is 35.6 Å². The Kier molecular flexibility index (Phi) is 7.67. The second kappa shape index (κ2) is 11.4. The molecule has 4 rings (SSSR count). The maximum atomic E-state index is 14.1. The smallest absolute Gasteiger partial charge is 0.266 e. The molecule has 0 spiro atoms. The molecule has 5 heteroatoms. The molecule has 0 heterocycles. The fourth-order valence-electron chi connectivity index (χ4n) is 3.56. The van der Waals surface area contributed by atoms with Crippen LogP contribution in [-0.2, 0) is 17.8 Å². The number of ether oxygens (including phenoxy) is 1. The standard InChI is InChI=1S/C30H23FN2O2/c31-29-13-7-6-12-25(29)18-23-10-4-5-11-24(23)19-26(20-32)30(34)33-27-14-16-28(17-15-27)35-21-22-8-2-1-3-9-22/h1-17,19H,18,21H2,(H,33,34)/b26-19+. The zero-order chi connectivity index (χ0) is 24.5. The Morgan fingerprint density at radius 1 is 0.857 bits per heavy atom. The number of rotatable bonds is 8. The van der Waals surface area contributed by atoms with Gasteiger partial charge in [0.05, 0.1) is 0 Å². The molecule has 35 heavy (non-hydrogen) atoms. The van der Waals surface area contributed by atoms with E-state index < -0.39 is 5.91 Å². The van der Waals surface area contributed by atoms with Crippen LogP contribution in [-0.4, -0.2) is 5.91 Å². The van der Waals surface area contributed by atoms with E-state index in [1.807, 2.05) is 54.6 Å². The molecule has 0 aromatic heterocycles. The van der Waals surface area contributed by atoms with E-state index in [-0.39, 0.29) is 11.4 Å². The number of hydrogen-bond donors (Lipinski definition) is 1. The molecule has 0 bridgehead atoms. The Labute approximate surface area is 203 Å². The van der Waals surface area contributed by atoms with Crippen LogP contribution in [0.2, 0.25) is 0 Å². The van der Waals surface area contributed by atoms with Crippen LogP contribution >= 0.6 is 0 Å². The summed E-state index contributed by atoms with van der Waals surface area (Å²) >= 11 is 0. The lowest BCUT2D eigenvalue weighted by Gasteiger charge is -2.09. The minimum absolute atomic E-state index is 0.0459. The van der Waals surface area contributed by atoms with E-state index >= 15 is 0 Å². The first-order valence-electron chi connectivity index (χ1n) is 11.1. The van der Waals surface area contributed by atoms with Crippen molar-refractivity contribution in [2.75, 3.05) is 5.32 Å². The Balaban J connectivity index is 1.44. The fourth-order valence-corrected chi connectivity index (χ4v) is 3.56. The minimum atomic E-state index is -0.522. The number of nitriles is 1. The van der Waals surface area contributed by atoms with E-state index in [1.54, 1.807) is 48.5 Å². The summed E-state index contributed by atoms with van der Waals surface area (Å²) in [6, 6.07) is 32.7. The summed E-state index contributed by atoms with van der Waals surface area (Å²) in [5.41, 5.74) is 3.61. The van der Waals surface area contributed by atoms with E-state index in [9.17, 15) is 14.4 Å². The van der Waals surface area contributed by atoms with Gasteiger partial charge in [0.2, 0.25) is 0 Å². The first kappa shape index (κ1) is 23.5. The molecule has 0 radical (unpaired) electrons. The molecule has 0 fully saturated rings. The molecule has 0 saturated heterocycles. The molecule has 1 N–H and O–H groups in total. The van der Waals surface area contributed by atoms with Crippen LogP contribution in [0.3, 0.4) is 0 Å². The third-order valence-corrected chi connectivity index (χ3v) is 5.42. The Morgan fingerprint density at radius 2 is 1.51 bits per heavy atom. The van der Waals surface area contributed by atoms with E-state index in [0.717, 1.165) is 11.1 Å². The molecule has 0 unspecified atom stereocenters. The van der Waals surface area contributed by atoms with Crippen LogP contribution < -0.4 is 10.1 Å². The summed E-state index contributed by atoms with van der Waals surface area (Å²) in [5.74, 6) is -0.142. The average molecular weight is 463 g/mol. The molecule has 0 atom stereocenters. The van der Waals surface area contributed by atoms with Crippen molar-refractivity contribution < 1.29 is 13.9 Å². The van der Waals surface area contributed by atoms with Crippen molar-refractivity contribution in [3.05, 3.63) is 137 Å². The van der Waals surface area contributed by atoms with Crippen molar-refractivity contribution in [1.82, 2.24) is 0 Å². The van der Waals surface area contributed by atoms with Crippen molar-refractivity contribution in [1.29, 1.82) is 5.26 Å². The lowest BCUT2D eigenvalue weighted by Crippen LogP contribution is -2.13. The van der Waals surface area contributed by atoms with Gasteiger partial charge >= 0.3 is 0 Å². The van der Waals surface area contributed by atoms with Gasteiger partial charge in [-0.3, -0.25) is 4.79 Å². The number of carbonyl (C=O) groups excluding carboxylic acids is 1. The van der Waals surface area contributed by atoms with Crippen molar-refractivity contribution in [2.45, 2.75) is 13.0 Å². The first-order chi connectivity index (χ1) is 17.1. The monoisotopic (exact) mass is 462 g/mol. The van der Waals surface area contributed by atoms with Crippen molar-refractivity contribution in [3.63, 3.8) is 0 Å². The number of benzene rings is 4. The van der Waals surface area contributed by atoms with Gasteiger partial charge in [0.15, 0.2) is 0 Å². The van der Waals surface area contributed by atoms with Gasteiger partial charge < -0.3 is 10.1 Å². The number of nitrogens with one attached hydrogen (secondary N) is 1. The van der Waals surface area contributed by atoms with Gasteiger partial charge in [-0.05, 0) is 58.7 Å². The number of halogens is 1. The summed E-state index contributed by atoms with van der Waals surface area (Å²) < 4.78 is 19.9. The molecular formula is C30H23FN2O2. The van der Waals surface area contributed by atoms with Gasteiger partial charge in [0, 0.05) is 12.1 Å². The summed E-state index contributed by atoms with van der Waals surface area (Å²) in [6.07, 6.45) is 1.88. The van der Waals surface area contributed by atoms with Crippen LogP contribution in [0.5, 0.6) is 5.75 Å². The highest BCUT2D eigenvalue weighted by Gasteiger charge is 2.12. The molecule has 4 aromatic carbocycles.